The minimum Gasteiger partial charge on any atom is -0.341 e. The standard InChI is InChI=1S/C16H20Cl2N6/c17-13-12-11(19-15(21-13)23-7-3-1-4-8-23)14(18)22-16(20-12)24-9-5-2-6-10-24/h1-10H2. The number of anilines is 2. The molecule has 0 radical (unpaired) electrons. The summed E-state index contributed by atoms with van der Waals surface area (Å²) in [7, 11) is 0. The van der Waals surface area contributed by atoms with Crippen LogP contribution in [0.1, 0.15) is 38.5 Å². The summed E-state index contributed by atoms with van der Waals surface area (Å²) < 4.78 is 0. The van der Waals surface area contributed by atoms with Gasteiger partial charge in [-0.2, -0.15) is 9.97 Å². The van der Waals surface area contributed by atoms with Crippen LogP contribution >= 0.6 is 23.2 Å². The van der Waals surface area contributed by atoms with E-state index in [0.29, 0.717) is 33.2 Å². The van der Waals surface area contributed by atoms with E-state index in [0.717, 1.165) is 51.9 Å². The first-order valence-electron chi connectivity index (χ1n) is 8.63. The Balaban J connectivity index is 1.74. The third-order valence-electron chi connectivity index (χ3n) is 4.71. The summed E-state index contributed by atoms with van der Waals surface area (Å²) in [6, 6.07) is 0. The molecular formula is C16H20Cl2N6. The maximum Gasteiger partial charge on any atom is 0.227 e. The largest absolute Gasteiger partial charge is 0.341 e. The Hall–Kier alpha value is -1.40. The van der Waals surface area contributed by atoms with Crippen LogP contribution in [0.2, 0.25) is 10.3 Å². The van der Waals surface area contributed by atoms with Gasteiger partial charge in [0.1, 0.15) is 11.0 Å². The highest BCUT2D eigenvalue weighted by Gasteiger charge is 2.21. The van der Waals surface area contributed by atoms with Gasteiger partial charge in [-0.25, -0.2) is 9.97 Å². The molecule has 0 N–H and O–H groups in total. The molecule has 0 aliphatic carbocycles. The number of piperidine rings is 2. The van der Waals surface area contributed by atoms with E-state index in [1.54, 1.807) is 0 Å². The normalized spacial score (nSPS) is 19.1. The first-order valence-corrected chi connectivity index (χ1v) is 9.38. The maximum atomic E-state index is 6.42. The van der Waals surface area contributed by atoms with Crippen LogP contribution in [0.5, 0.6) is 0 Å². The zero-order valence-corrected chi connectivity index (χ0v) is 15.0. The Morgan fingerprint density at radius 2 is 0.917 bits per heavy atom. The summed E-state index contributed by atoms with van der Waals surface area (Å²) in [5, 5.41) is 0.700. The predicted molar refractivity (Wildman–Crippen MR) is 97.3 cm³/mol. The Morgan fingerprint density at radius 1 is 0.542 bits per heavy atom. The number of hydrogen-bond donors (Lipinski definition) is 0. The molecule has 0 atom stereocenters. The van der Waals surface area contributed by atoms with Gasteiger partial charge in [0.05, 0.1) is 0 Å². The lowest BCUT2D eigenvalue weighted by molar-refractivity contribution is 0.567. The van der Waals surface area contributed by atoms with Crippen molar-refractivity contribution in [3.05, 3.63) is 10.3 Å². The first kappa shape index (κ1) is 16.1. The molecule has 0 amide bonds. The fourth-order valence-corrected chi connectivity index (χ4v) is 3.81. The molecule has 2 aliphatic rings. The van der Waals surface area contributed by atoms with E-state index in [2.05, 4.69) is 29.7 Å². The molecule has 0 aromatic carbocycles. The monoisotopic (exact) mass is 366 g/mol. The van der Waals surface area contributed by atoms with Gasteiger partial charge in [-0.05, 0) is 38.5 Å². The van der Waals surface area contributed by atoms with Gasteiger partial charge in [0.25, 0.3) is 0 Å². The van der Waals surface area contributed by atoms with Crippen molar-refractivity contribution >= 4 is 46.1 Å². The van der Waals surface area contributed by atoms with Crippen molar-refractivity contribution in [1.82, 2.24) is 19.9 Å². The first-order chi connectivity index (χ1) is 11.7. The Bertz CT molecular complexity index is 678. The molecule has 2 saturated heterocycles. The van der Waals surface area contributed by atoms with Gasteiger partial charge >= 0.3 is 0 Å². The average Bonchev–Trinajstić information content (AvgIpc) is 2.63. The van der Waals surface area contributed by atoms with Crippen LogP contribution in [-0.2, 0) is 0 Å². The van der Waals surface area contributed by atoms with Crippen molar-refractivity contribution in [2.24, 2.45) is 0 Å². The molecule has 24 heavy (non-hydrogen) atoms. The van der Waals surface area contributed by atoms with Crippen LogP contribution in [0, 0.1) is 0 Å². The second kappa shape index (κ2) is 6.84. The van der Waals surface area contributed by atoms with Crippen LogP contribution in [0.25, 0.3) is 11.0 Å². The molecule has 2 aromatic rings. The highest BCUT2D eigenvalue weighted by Crippen LogP contribution is 2.29. The number of halogens is 2. The van der Waals surface area contributed by atoms with Crippen LogP contribution in [0.4, 0.5) is 11.9 Å². The lowest BCUT2D eigenvalue weighted by Gasteiger charge is -2.28. The molecule has 0 saturated carbocycles. The minimum atomic E-state index is 0.350. The Kier molecular flexibility index (Phi) is 4.59. The summed E-state index contributed by atoms with van der Waals surface area (Å²) in [4.78, 5) is 22.4. The molecule has 0 spiro atoms. The second-order valence-electron chi connectivity index (χ2n) is 6.42. The van der Waals surface area contributed by atoms with E-state index < -0.39 is 0 Å². The molecule has 2 fully saturated rings. The van der Waals surface area contributed by atoms with Gasteiger partial charge in [0.15, 0.2) is 10.3 Å². The van der Waals surface area contributed by atoms with Gasteiger partial charge < -0.3 is 9.80 Å². The molecule has 8 heteroatoms. The lowest BCUT2D eigenvalue weighted by Crippen LogP contribution is -2.32. The molecule has 4 rings (SSSR count). The molecule has 2 aromatic heterocycles. The molecule has 2 aliphatic heterocycles. The molecule has 128 valence electrons. The molecule has 0 unspecified atom stereocenters. The van der Waals surface area contributed by atoms with Crippen molar-refractivity contribution in [1.29, 1.82) is 0 Å². The number of nitrogens with zero attached hydrogens (tertiary/aromatic N) is 6. The van der Waals surface area contributed by atoms with Crippen LogP contribution in [0.3, 0.4) is 0 Å². The Morgan fingerprint density at radius 3 is 1.29 bits per heavy atom. The molecule has 4 heterocycles. The smallest absolute Gasteiger partial charge is 0.227 e. The van der Waals surface area contributed by atoms with Crippen molar-refractivity contribution in [3.8, 4) is 0 Å². The SMILES string of the molecule is Clc1nc(N2CCCCC2)nc2c(Cl)nc(N3CCCCC3)nc12. The second-order valence-corrected chi connectivity index (χ2v) is 7.14. The molecule has 6 nitrogen and oxygen atoms in total. The molecular weight excluding hydrogens is 347 g/mol. The fraction of sp³-hybridized carbons (Fsp3) is 0.625. The number of fused-ring (bicyclic) bond motifs is 1. The van der Waals surface area contributed by atoms with Gasteiger partial charge in [-0.3, -0.25) is 0 Å². The van der Waals surface area contributed by atoms with Crippen molar-refractivity contribution in [3.63, 3.8) is 0 Å². The van der Waals surface area contributed by atoms with Gasteiger partial charge in [0.2, 0.25) is 11.9 Å². The molecule has 0 bridgehead atoms. The Labute approximate surface area is 151 Å². The summed E-state index contributed by atoms with van der Waals surface area (Å²) in [5.74, 6) is 1.26. The van der Waals surface area contributed by atoms with Gasteiger partial charge in [-0.1, -0.05) is 23.2 Å². The van der Waals surface area contributed by atoms with Gasteiger partial charge in [-0.15, -0.1) is 0 Å². The predicted octanol–water partition coefficient (Wildman–Crippen LogP) is 3.71. The number of aromatic nitrogens is 4. The summed E-state index contributed by atoms with van der Waals surface area (Å²) >= 11 is 12.8. The van der Waals surface area contributed by atoms with E-state index in [9.17, 15) is 0 Å². The third kappa shape index (κ3) is 3.09. The van der Waals surface area contributed by atoms with Gasteiger partial charge in [0, 0.05) is 26.2 Å². The van der Waals surface area contributed by atoms with Crippen LogP contribution < -0.4 is 9.80 Å². The number of rotatable bonds is 2. The van der Waals surface area contributed by atoms with E-state index in [4.69, 9.17) is 23.2 Å². The topological polar surface area (TPSA) is 58.0 Å². The lowest BCUT2D eigenvalue weighted by atomic mass is 10.1. The summed E-state index contributed by atoms with van der Waals surface area (Å²) in [6.07, 6.45) is 7.10. The zero-order valence-electron chi connectivity index (χ0n) is 13.5. The van der Waals surface area contributed by atoms with E-state index >= 15 is 0 Å². The third-order valence-corrected chi connectivity index (χ3v) is 5.24. The fourth-order valence-electron chi connectivity index (χ4n) is 3.40. The van der Waals surface area contributed by atoms with Crippen LogP contribution in [0.15, 0.2) is 0 Å². The number of hydrogen-bond acceptors (Lipinski definition) is 6. The minimum absolute atomic E-state index is 0.350. The maximum absolute atomic E-state index is 6.42. The van der Waals surface area contributed by atoms with Crippen molar-refractivity contribution in [2.45, 2.75) is 38.5 Å². The quantitative estimate of drug-likeness (QED) is 0.755. The van der Waals surface area contributed by atoms with E-state index in [1.807, 2.05) is 0 Å². The van der Waals surface area contributed by atoms with Crippen molar-refractivity contribution < 1.29 is 0 Å². The van der Waals surface area contributed by atoms with Crippen LogP contribution in [-0.4, -0.2) is 46.1 Å². The zero-order chi connectivity index (χ0) is 16.5. The average molecular weight is 367 g/mol. The summed E-state index contributed by atoms with van der Waals surface area (Å²) in [5.41, 5.74) is 1.08. The highest BCUT2D eigenvalue weighted by molar-refractivity contribution is 6.37. The van der Waals surface area contributed by atoms with E-state index in [1.165, 1.54) is 12.8 Å². The van der Waals surface area contributed by atoms with E-state index in [-0.39, 0.29) is 0 Å². The summed E-state index contributed by atoms with van der Waals surface area (Å²) in [6.45, 7) is 3.80. The highest BCUT2D eigenvalue weighted by atomic mass is 35.5. The van der Waals surface area contributed by atoms with Crippen molar-refractivity contribution in [2.75, 3.05) is 36.0 Å².